The number of hydrogen-bond donors (Lipinski definition) is 1. The van der Waals surface area contributed by atoms with E-state index in [-0.39, 0.29) is 5.54 Å². The number of benzene rings is 1. The smallest absolute Gasteiger partial charge is 0.161 e. The maximum Gasteiger partial charge on any atom is 0.161 e. The SMILES string of the molecule is CC1(C)NCC1c1ccc2c(c1)OCCCO2. The zero-order valence-electron chi connectivity index (χ0n) is 10.5. The maximum atomic E-state index is 5.73. The zero-order chi connectivity index (χ0) is 11.9. The Morgan fingerprint density at radius 1 is 1.18 bits per heavy atom. The Kier molecular flexibility index (Phi) is 2.51. The average molecular weight is 233 g/mol. The van der Waals surface area contributed by atoms with E-state index in [2.05, 4.69) is 31.3 Å². The van der Waals surface area contributed by atoms with Crippen LogP contribution in [-0.4, -0.2) is 25.3 Å². The molecule has 2 aliphatic heterocycles. The summed E-state index contributed by atoms with van der Waals surface area (Å²) in [6.07, 6.45) is 0.959. The van der Waals surface area contributed by atoms with Crippen LogP contribution in [0, 0.1) is 0 Å². The molecule has 1 atom stereocenters. The van der Waals surface area contributed by atoms with Crippen molar-refractivity contribution in [3.8, 4) is 11.5 Å². The first-order chi connectivity index (χ1) is 8.17. The van der Waals surface area contributed by atoms with Crippen LogP contribution in [0.3, 0.4) is 0 Å². The van der Waals surface area contributed by atoms with Crippen LogP contribution in [0.1, 0.15) is 31.7 Å². The first kappa shape index (κ1) is 10.9. The molecule has 1 aromatic carbocycles. The van der Waals surface area contributed by atoms with Crippen molar-refractivity contribution in [3.63, 3.8) is 0 Å². The standard InChI is InChI=1S/C14H19NO2/c1-14(2)11(9-15-14)10-4-5-12-13(8-10)17-7-3-6-16-12/h4-5,8,11,15H,3,6-7,9H2,1-2H3. The fourth-order valence-electron chi connectivity index (χ4n) is 2.54. The average Bonchev–Trinajstić information content (AvgIpc) is 2.52. The highest BCUT2D eigenvalue weighted by Gasteiger charge is 2.39. The number of hydrogen-bond acceptors (Lipinski definition) is 3. The highest BCUT2D eigenvalue weighted by Crippen LogP contribution is 2.39. The fraction of sp³-hybridized carbons (Fsp3) is 0.571. The van der Waals surface area contributed by atoms with Crippen LogP contribution < -0.4 is 14.8 Å². The van der Waals surface area contributed by atoms with Crippen LogP contribution in [0.5, 0.6) is 11.5 Å². The lowest BCUT2D eigenvalue weighted by Gasteiger charge is -2.46. The molecule has 1 unspecified atom stereocenters. The first-order valence-corrected chi connectivity index (χ1v) is 6.31. The van der Waals surface area contributed by atoms with Gasteiger partial charge in [-0.1, -0.05) is 6.07 Å². The zero-order valence-corrected chi connectivity index (χ0v) is 10.5. The molecule has 3 nitrogen and oxygen atoms in total. The highest BCUT2D eigenvalue weighted by atomic mass is 16.5. The largest absolute Gasteiger partial charge is 0.490 e. The summed E-state index contributed by atoms with van der Waals surface area (Å²) < 4.78 is 11.4. The molecule has 1 aromatic rings. The molecule has 0 spiro atoms. The Morgan fingerprint density at radius 2 is 1.94 bits per heavy atom. The third-order valence-electron chi connectivity index (χ3n) is 3.81. The van der Waals surface area contributed by atoms with Crippen LogP contribution in [0.25, 0.3) is 0 Å². The number of rotatable bonds is 1. The van der Waals surface area contributed by atoms with Gasteiger partial charge in [0.15, 0.2) is 11.5 Å². The van der Waals surface area contributed by atoms with Crippen molar-refractivity contribution < 1.29 is 9.47 Å². The minimum atomic E-state index is 0.194. The molecule has 2 heterocycles. The second-order valence-electron chi connectivity index (χ2n) is 5.41. The van der Waals surface area contributed by atoms with Crippen LogP contribution in [0.15, 0.2) is 18.2 Å². The van der Waals surface area contributed by atoms with Gasteiger partial charge in [-0.2, -0.15) is 0 Å². The van der Waals surface area contributed by atoms with Crippen LogP contribution in [0.2, 0.25) is 0 Å². The molecule has 0 amide bonds. The molecular weight excluding hydrogens is 214 g/mol. The molecule has 0 saturated carbocycles. The Hall–Kier alpha value is -1.22. The first-order valence-electron chi connectivity index (χ1n) is 6.31. The maximum absolute atomic E-state index is 5.73. The molecule has 0 radical (unpaired) electrons. The van der Waals surface area contributed by atoms with Gasteiger partial charge in [0.2, 0.25) is 0 Å². The molecule has 1 N–H and O–H groups in total. The van der Waals surface area contributed by atoms with Gasteiger partial charge in [0.1, 0.15) is 0 Å². The summed E-state index contributed by atoms with van der Waals surface area (Å²) in [5.41, 5.74) is 1.54. The predicted molar refractivity (Wildman–Crippen MR) is 66.9 cm³/mol. The van der Waals surface area contributed by atoms with Gasteiger partial charge in [-0.05, 0) is 31.5 Å². The molecule has 0 aliphatic carbocycles. The molecule has 0 aromatic heterocycles. The molecule has 1 fully saturated rings. The second-order valence-corrected chi connectivity index (χ2v) is 5.41. The second kappa shape index (κ2) is 3.91. The molecule has 3 rings (SSSR count). The van der Waals surface area contributed by atoms with Gasteiger partial charge in [-0.25, -0.2) is 0 Å². The van der Waals surface area contributed by atoms with Crippen molar-refractivity contribution >= 4 is 0 Å². The van der Waals surface area contributed by atoms with Gasteiger partial charge in [0.25, 0.3) is 0 Å². The van der Waals surface area contributed by atoms with Crippen molar-refractivity contribution in [2.75, 3.05) is 19.8 Å². The third-order valence-corrected chi connectivity index (χ3v) is 3.81. The Bertz CT molecular complexity index is 428. The van der Waals surface area contributed by atoms with Crippen molar-refractivity contribution in [3.05, 3.63) is 23.8 Å². The van der Waals surface area contributed by atoms with Gasteiger partial charge in [0.05, 0.1) is 13.2 Å². The molecule has 0 bridgehead atoms. The summed E-state index contributed by atoms with van der Waals surface area (Å²) in [6.45, 7) is 7.03. The Labute approximate surface area is 102 Å². The van der Waals surface area contributed by atoms with Crippen molar-refractivity contribution in [2.24, 2.45) is 0 Å². The van der Waals surface area contributed by atoms with Crippen molar-refractivity contribution in [1.82, 2.24) is 5.32 Å². The van der Waals surface area contributed by atoms with Gasteiger partial charge in [-0.3, -0.25) is 0 Å². The monoisotopic (exact) mass is 233 g/mol. The van der Waals surface area contributed by atoms with E-state index >= 15 is 0 Å². The number of nitrogens with one attached hydrogen (secondary N) is 1. The van der Waals surface area contributed by atoms with Gasteiger partial charge in [0, 0.05) is 24.4 Å². The van der Waals surface area contributed by atoms with E-state index < -0.39 is 0 Å². The van der Waals surface area contributed by atoms with E-state index in [1.165, 1.54) is 5.56 Å². The molecule has 1 saturated heterocycles. The highest BCUT2D eigenvalue weighted by molar-refractivity contribution is 5.45. The van der Waals surface area contributed by atoms with E-state index in [1.54, 1.807) is 0 Å². The Morgan fingerprint density at radius 3 is 2.59 bits per heavy atom. The lowest BCUT2D eigenvalue weighted by molar-refractivity contribution is 0.207. The normalized spacial score (nSPS) is 25.9. The van der Waals surface area contributed by atoms with E-state index in [0.29, 0.717) is 5.92 Å². The van der Waals surface area contributed by atoms with E-state index in [9.17, 15) is 0 Å². The summed E-state index contributed by atoms with van der Waals surface area (Å²) in [7, 11) is 0. The summed E-state index contributed by atoms with van der Waals surface area (Å²) in [5, 5.41) is 3.45. The topological polar surface area (TPSA) is 30.5 Å². The summed E-state index contributed by atoms with van der Waals surface area (Å²) in [5.74, 6) is 2.36. The summed E-state index contributed by atoms with van der Waals surface area (Å²) in [4.78, 5) is 0. The quantitative estimate of drug-likeness (QED) is 0.807. The van der Waals surface area contributed by atoms with Crippen molar-refractivity contribution in [2.45, 2.75) is 31.7 Å². The molecular formula is C14H19NO2. The van der Waals surface area contributed by atoms with Crippen LogP contribution >= 0.6 is 0 Å². The van der Waals surface area contributed by atoms with E-state index in [0.717, 1.165) is 37.7 Å². The van der Waals surface area contributed by atoms with Gasteiger partial charge in [-0.15, -0.1) is 0 Å². The Balaban J connectivity index is 1.90. The lowest BCUT2D eigenvalue weighted by Crippen LogP contribution is -2.59. The van der Waals surface area contributed by atoms with Crippen LogP contribution in [0.4, 0.5) is 0 Å². The van der Waals surface area contributed by atoms with E-state index in [1.807, 2.05) is 6.07 Å². The fourth-order valence-corrected chi connectivity index (χ4v) is 2.54. The van der Waals surface area contributed by atoms with Crippen molar-refractivity contribution in [1.29, 1.82) is 0 Å². The minimum Gasteiger partial charge on any atom is -0.490 e. The molecule has 3 heteroatoms. The summed E-state index contributed by atoms with van der Waals surface area (Å²) in [6, 6.07) is 6.36. The number of ether oxygens (including phenoxy) is 2. The minimum absolute atomic E-state index is 0.194. The third kappa shape index (κ3) is 1.89. The molecule has 92 valence electrons. The van der Waals surface area contributed by atoms with Gasteiger partial charge >= 0.3 is 0 Å². The van der Waals surface area contributed by atoms with Crippen LogP contribution in [-0.2, 0) is 0 Å². The van der Waals surface area contributed by atoms with Gasteiger partial charge < -0.3 is 14.8 Å². The number of fused-ring (bicyclic) bond motifs is 1. The lowest BCUT2D eigenvalue weighted by atomic mass is 9.75. The molecule has 17 heavy (non-hydrogen) atoms. The molecule has 2 aliphatic rings. The van der Waals surface area contributed by atoms with E-state index in [4.69, 9.17) is 9.47 Å². The summed E-state index contributed by atoms with van der Waals surface area (Å²) >= 11 is 0. The predicted octanol–water partition coefficient (Wildman–Crippen LogP) is 2.31.